The molecule has 0 spiro atoms. The maximum Gasteiger partial charge on any atom is 0.177 e. The molecule has 68 heavy (non-hydrogen) atoms. The van der Waals surface area contributed by atoms with Crippen molar-refractivity contribution in [2.75, 3.05) is 0 Å². The first-order chi connectivity index (χ1) is 33.3. The highest BCUT2D eigenvalue weighted by Gasteiger charge is 2.18. The number of rotatable bonds is 8. The maximum absolute atomic E-state index is 5.54. The smallest absolute Gasteiger partial charge is 0.177 e. The average molecular weight is 1220 g/mol. The quantitative estimate of drug-likeness (QED) is 0.145. The SMILES string of the molecule is Brc1ccc(C2=N/S(c3ccccc3)=N\C(c3ccc(Br)cc3)=N\S(c3ccccc3)=N\C(c3ccc(Br)cc3)=N\S(c3ccccc3)=N\C(c3ccc(Br)cc3)=N\S(c3ccccc3)=N\2)cc1. The van der Waals surface area contributed by atoms with E-state index in [1.807, 2.05) is 218 Å². The Balaban J connectivity index is 1.47. The zero-order valence-corrected chi connectivity index (χ0v) is 45.1. The minimum Gasteiger partial charge on any atom is -0.180 e. The Bertz CT molecular complexity index is 2860. The third kappa shape index (κ3) is 12.8. The number of halogens is 4. The van der Waals surface area contributed by atoms with Crippen molar-refractivity contribution in [2.24, 2.45) is 35.0 Å². The zero-order valence-electron chi connectivity index (χ0n) is 35.5. The first kappa shape index (κ1) is 48.0. The van der Waals surface area contributed by atoms with Gasteiger partial charge in [0.2, 0.25) is 0 Å². The molecule has 0 saturated heterocycles. The fourth-order valence-corrected chi connectivity index (χ4v) is 12.6. The number of benzene rings is 8. The van der Waals surface area contributed by atoms with Crippen molar-refractivity contribution < 1.29 is 0 Å². The van der Waals surface area contributed by atoms with Crippen molar-refractivity contribution >= 4 is 131 Å². The predicted molar refractivity (Wildman–Crippen MR) is 301 cm³/mol. The molecule has 0 aliphatic carbocycles. The first-order valence-electron chi connectivity index (χ1n) is 20.8. The van der Waals surface area contributed by atoms with Gasteiger partial charge in [-0.15, -0.1) is 0 Å². The van der Waals surface area contributed by atoms with Crippen molar-refractivity contribution in [1.29, 1.82) is 0 Å². The third-order valence-corrected chi connectivity index (χ3v) is 17.3. The van der Waals surface area contributed by atoms with E-state index in [0.29, 0.717) is 23.3 Å². The van der Waals surface area contributed by atoms with E-state index in [1.54, 1.807) is 0 Å². The van der Waals surface area contributed by atoms with Gasteiger partial charge >= 0.3 is 0 Å². The van der Waals surface area contributed by atoms with Gasteiger partial charge in [-0.1, -0.05) is 185 Å². The van der Waals surface area contributed by atoms with Gasteiger partial charge in [0.1, 0.15) is 0 Å². The summed E-state index contributed by atoms with van der Waals surface area (Å²) in [6.07, 6.45) is 0. The second-order valence-electron chi connectivity index (χ2n) is 14.4. The summed E-state index contributed by atoms with van der Waals surface area (Å²) in [6.45, 7) is 0. The summed E-state index contributed by atoms with van der Waals surface area (Å²) in [5, 5.41) is 0. The summed E-state index contributed by atoms with van der Waals surface area (Å²) < 4.78 is 48.0. The van der Waals surface area contributed by atoms with Crippen LogP contribution in [0.4, 0.5) is 0 Å². The van der Waals surface area contributed by atoms with Crippen LogP contribution in [0.1, 0.15) is 22.3 Å². The molecule has 8 aromatic carbocycles. The Labute approximate surface area is 439 Å². The zero-order chi connectivity index (χ0) is 46.7. The van der Waals surface area contributed by atoms with E-state index in [1.165, 1.54) is 0 Å². The Morgan fingerprint density at radius 3 is 0.574 bits per heavy atom. The van der Waals surface area contributed by atoms with Crippen LogP contribution in [-0.2, 0) is 43.5 Å². The van der Waals surface area contributed by atoms with Gasteiger partial charge in [0.15, 0.2) is 23.3 Å². The lowest BCUT2D eigenvalue weighted by atomic mass is 10.2. The van der Waals surface area contributed by atoms with E-state index in [9.17, 15) is 0 Å². The van der Waals surface area contributed by atoms with Crippen LogP contribution in [0.5, 0.6) is 0 Å². The molecular formula is C52H36Br4N8S4. The number of nitrogens with zero attached hydrogens (tertiary/aromatic N) is 8. The molecule has 336 valence electrons. The largest absolute Gasteiger partial charge is 0.180 e. The van der Waals surface area contributed by atoms with Crippen molar-refractivity contribution in [3.05, 3.63) is 259 Å². The van der Waals surface area contributed by atoms with Crippen molar-refractivity contribution in [1.82, 2.24) is 0 Å². The minimum absolute atomic E-state index is 0.464. The summed E-state index contributed by atoms with van der Waals surface area (Å²) in [5.41, 5.74) is 3.16. The van der Waals surface area contributed by atoms with Crippen LogP contribution in [0.3, 0.4) is 0 Å². The van der Waals surface area contributed by atoms with E-state index in [-0.39, 0.29) is 0 Å². The molecule has 8 aromatic rings. The van der Waals surface area contributed by atoms with Crippen LogP contribution in [-0.4, -0.2) is 23.3 Å². The predicted octanol–water partition coefficient (Wildman–Crippen LogP) is 15.9. The fourth-order valence-electron chi connectivity index (χ4n) is 6.21. The molecule has 4 unspecified atom stereocenters. The van der Waals surface area contributed by atoms with E-state index in [0.717, 1.165) is 59.7 Å². The van der Waals surface area contributed by atoms with Gasteiger partial charge in [-0.05, 0) is 97.1 Å². The molecule has 0 aromatic heterocycles. The summed E-state index contributed by atoms with van der Waals surface area (Å²) in [6, 6.07) is 72.3. The Morgan fingerprint density at radius 1 is 0.221 bits per heavy atom. The normalized spacial score (nSPS) is 21.9. The number of hydrogen-bond acceptors (Lipinski definition) is 8. The van der Waals surface area contributed by atoms with E-state index in [2.05, 4.69) is 63.7 Å². The van der Waals surface area contributed by atoms with Crippen LogP contribution in [0.2, 0.25) is 0 Å². The first-order valence-corrected chi connectivity index (χ1v) is 28.5. The molecular weight excluding hydrogens is 1180 g/mol. The lowest BCUT2D eigenvalue weighted by Crippen LogP contribution is -2.09. The van der Waals surface area contributed by atoms with Crippen molar-refractivity contribution in [2.45, 2.75) is 19.6 Å². The summed E-state index contributed by atoms with van der Waals surface area (Å²) >= 11 is 14.6. The standard InChI is InChI=1S/C52H36Br4N8S4/c53-41-29-21-37(22-30-41)49-57-65(45-13-5-1-6-14-45)58-50(38-23-31-42(54)32-24-38)60-67(47-17-9-3-10-18-47)62-52(40-27-35-44(56)36-28-40)64-68(48-19-11-4-12-20-48)63-51(39-25-33-43(55)34-26-39)61-66(59-49)46-15-7-2-8-16-46/h1-36H/b57-49-,58-50?,59-49?,60-50+,61-51+,62-52?,63-51?,64-52+. The Kier molecular flexibility index (Phi) is 16.6. The molecule has 1 aliphatic heterocycles. The van der Waals surface area contributed by atoms with Crippen molar-refractivity contribution in [3.63, 3.8) is 0 Å². The molecule has 0 fully saturated rings. The Hall–Kier alpha value is -5.04. The lowest BCUT2D eigenvalue weighted by molar-refractivity contribution is 1.40. The van der Waals surface area contributed by atoms with Crippen LogP contribution in [0.15, 0.2) is 291 Å². The summed E-state index contributed by atoms with van der Waals surface area (Å²) in [7, 11) is -4.82. The second kappa shape index (κ2) is 23.5. The number of amidine groups is 4. The van der Waals surface area contributed by atoms with Gasteiger partial charge in [-0.25, -0.2) is 0 Å². The van der Waals surface area contributed by atoms with Gasteiger partial charge in [0, 0.05) is 59.7 Å². The second-order valence-corrected chi connectivity index (χ2v) is 23.5. The van der Waals surface area contributed by atoms with Crippen LogP contribution in [0.25, 0.3) is 0 Å². The van der Waals surface area contributed by atoms with Gasteiger partial charge < -0.3 is 0 Å². The molecule has 8 nitrogen and oxygen atoms in total. The average Bonchev–Trinajstić information content (AvgIpc) is 3.38. The fraction of sp³-hybridized carbons (Fsp3) is 0. The molecule has 0 N–H and O–H groups in total. The van der Waals surface area contributed by atoms with Crippen LogP contribution >= 0.6 is 63.7 Å². The van der Waals surface area contributed by atoms with Crippen LogP contribution < -0.4 is 0 Å². The van der Waals surface area contributed by atoms with Crippen molar-refractivity contribution in [3.8, 4) is 0 Å². The number of hydrogen-bond donors (Lipinski definition) is 0. The molecule has 4 atom stereocenters. The molecule has 1 heterocycles. The van der Waals surface area contributed by atoms with E-state index >= 15 is 0 Å². The van der Waals surface area contributed by atoms with E-state index < -0.39 is 43.5 Å². The molecule has 9 rings (SSSR count). The Morgan fingerprint density at radius 2 is 0.397 bits per heavy atom. The van der Waals surface area contributed by atoms with Crippen LogP contribution in [0, 0.1) is 0 Å². The summed E-state index contributed by atoms with van der Waals surface area (Å²) in [4.78, 5) is 3.49. The van der Waals surface area contributed by atoms with Gasteiger partial charge in [-0.3, -0.25) is 0 Å². The van der Waals surface area contributed by atoms with E-state index in [4.69, 9.17) is 35.0 Å². The maximum atomic E-state index is 5.54. The molecule has 0 saturated carbocycles. The highest BCUT2D eigenvalue weighted by atomic mass is 79.9. The minimum atomic E-state index is -1.21. The molecule has 16 heteroatoms. The summed E-state index contributed by atoms with van der Waals surface area (Å²) in [5.74, 6) is 1.86. The highest BCUT2D eigenvalue weighted by molar-refractivity contribution is 9.11. The van der Waals surface area contributed by atoms with Gasteiger partial charge in [-0.2, -0.15) is 35.0 Å². The van der Waals surface area contributed by atoms with Gasteiger partial charge in [0.05, 0.1) is 43.5 Å². The molecule has 0 amide bonds. The lowest BCUT2D eigenvalue weighted by Gasteiger charge is -2.13. The molecule has 0 bridgehead atoms. The highest BCUT2D eigenvalue weighted by Crippen LogP contribution is 2.26. The molecule has 1 aliphatic rings. The molecule has 0 radical (unpaired) electrons. The third-order valence-electron chi connectivity index (χ3n) is 9.61. The van der Waals surface area contributed by atoms with Gasteiger partial charge in [0.25, 0.3) is 0 Å². The monoisotopic (exact) mass is 1220 g/mol. The topological polar surface area (TPSA) is 98.9 Å².